The van der Waals surface area contributed by atoms with Gasteiger partial charge in [-0.1, -0.05) is 17.7 Å². The second-order valence-corrected chi connectivity index (χ2v) is 7.10. The maximum absolute atomic E-state index is 12.4. The summed E-state index contributed by atoms with van der Waals surface area (Å²) >= 11 is 7.40. The van der Waals surface area contributed by atoms with Crippen LogP contribution in [-0.4, -0.2) is 19.1 Å². The first-order valence-electron chi connectivity index (χ1n) is 7.37. The molecular weight excluding hydrogens is 344 g/mol. The van der Waals surface area contributed by atoms with Gasteiger partial charge in [-0.3, -0.25) is 0 Å². The van der Waals surface area contributed by atoms with Crippen molar-refractivity contribution in [1.82, 2.24) is 19.1 Å². The molecule has 24 heavy (non-hydrogen) atoms. The van der Waals surface area contributed by atoms with Crippen LogP contribution >= 0.6 is 22.9 Å². The van der Waals surface area contributed by atoms with Crippen LogP contribution in [0.3, 0.4) is 0 Å². The number of pyridine rings is 2. The fourth-order valence-corrected chi connectivity index (χ4v) is 3.63. The normalized spacial score (nSPS) is 11.2. The molecule has 0 radical (unpaired) electrons. The molecule has 5 nitrogen and oxygen atoms in total. The molecule has 4 heterocycles. The Hall–Kier alpha value is -2.44. The molecule has 2 aromatic rings. The Bertz CT molecular complexity index is 1030. The van der Waals surface area contributed by atoms with Gasteiger partial charge in [-0.15, -0.1) is 11.3 Å². The smallest absolute Gasteiger partial charge is 0.327 e. The molecule has 0 aliphatic carbocycles. The molecule has 2 aliphatic rings. The maximum Gasteiger partial charge on any atom is 0.355 e. The number of fused-ring (bicyclic) bond motifs is 1. The zero-order valence-corrected chi connectivity index (χ0v) is 14.4. The second-order valence-electron chi connectivity index (χ2n) is 5.45. The van der Waals surface area contributed by atoms with E-state index in [1.165, 1.54) is 0 Å². The Kier molecular flexibility index (Phi) is 3.70. The molecule has 0 aromatic carbocycles. The third kappa shape index (κ3) is 2.64. The maximum atomic E-state index is 12.4. The number of hydrogen-bond acceptors (Lipinski definition) is 4. The van der Waals surface area contributed by atoms with Gasteiger partial charge in [-0.2, -0.15) is 4.98 Å². The van der Waals surface area contributed by atoms with E-state index < -0.39 is 0 Å². The van der Waals surface area contributed by atoms with E-state index in [0.717, 1.165) is 21.1 Å². The van der Waals surface area contributed by atoms with Crippen molar-refractivity contribution >= 4 is 22.9 Å². The highest BCUT2D eigenvalue weighted by atomic mass is 35.5. The summed E-state index contributed by atoms with van der Waals surface area (Å²) in [6.45, 7) is 2.59. The van der Waals surface area contributed by atoms with E-state index in [4.69, 9.17) is 11.6 Å². The van der Waals surface area contributed by atoms with E-state index in [-0.39, 0.29) is 5.69 Å². The number of aromatic nitrogens is 4. The fraction of sp³-hybridized carbons (Fsp3) is 0.118. The van der Waals surface area contributed by atoms with E-state index in [9.17, 15) is 4.79 Å². The van der Waals surface area contributed by atoms with E-state index in [0.29, 0.717) is 17.5 Å². The summed E-state index contributed by atoms with van der Waals surface area (Å²) in [6, 6.07) is 11.5. The van der Waals surface area contributed by atoms with Gasteiger partial charge in [0.15, 0.2) is 5.82 Å². The zero-order valence-electron chi connectivity index (χ0n) is 12.8. The number of nitrogens with zero attached hydrogens (tertiary/aromatic N) is 4. The molecule has 120 valence electrons. The van der Waals surface area contributed by atoms with Crippen molar-refractivity contribution < 1.29 is 0 Å². The Morgan fingerprint density at radius 1 is 1.21 bits per heavy atom. The van der Waals surface area contributed by atoms with E-state index in [2.05, 4.69) is 9.97 Å². The van der Waals surface area contributed by atoms with Crippen molar-refractivity contribution in [2.75, 3.05) is 0 Å². The molecule has 4 rings (SSSR count). The third-order valence-corrected chi connectivity index (χ3v) is 4.95. The summed E-state index contributed by atoms with van der Waals surface area (Å²) in [5, 5.41) is 1.34. The molecule has 2 aliphatic heterocycles. The van der Waals surface area contributed by atoms with Crippen LogP contribution in [0.2, 0.25) is 5.15 Å². The highest BCUT2D eigenvalue weighted by Gasteiger charge is 2.19. The van der Waals surface area contributed by atoms with Crippen molar-refractivity contribution in [1.29, 1.82) is 0 Å². The monoisotopic (exact) mass is 356 g/mol. The van der Waals surface area contributed by atoms with Gasteiger partial charge in [-0.05, 0) is 42.8 Å². The van der Waals surface area contributed by atoms with Gasteiger partial charge in [0.2, 0.25) is 0 Å². The topological polar surface area (TPSA) is 52.7 Å². The van der Waals surface area contributed by atoms with Gasteiger partial charge in [0.25, 0.3) is 0 Å². The molecule has 0 bridgehead atoms. The van der Waals surface area contributed by atoms with E-state index in [1.54, 1.807) is 28.2 Å². The van der Waals surface area contributed by atoms with Crippen molar-refractivity contribution in [3.8, 4) is 16.5 Å². The predicted molar refractivity (Wildman–Crippen MR) is 95.4 cm³/mol. The average Bonchev–Trinajstić information content (AvgIpc) is 3.12. The summed E-state index contributed by atoms with van der Waals surface area (Å²) in [5.41, 5.74) is 1.53. The minimum absolute atomic E-state index is 0.263. The van der Waals surface area contributed by atoms with Crippen LogP contribution in [0.5, 0.6) is 0 Å². The lowest BCUT2D eigenvalue weighted by Gasteiger charge is -2.12. The number of rotatable bonds is 3. The van der Waals surface area contributed by atoms with Crippen molar-refractivity contribution in [2.45, 2.75) is 13.5 Å². The highest BCUT2D eigenvalue weighted by Crippen LogP contribution is 2.26. The highest BCUT2D eigenvalue weighted by molar-refractivity contribution is 7.14. The molecule has 0 unspecified atom stereocenters. The van der Waals surface area contributed by atoms with E-state index in [1.807, 2.05) is 48.0 Å². The van der Waals surface area contributed by atoms with Crippen LogP contribution in [0.4, 0.5) is 0 Å². The number of aryl methyl sites for hydroxylation is 1. The summed E-state index contributed by atoms with van der Waals surface area (Å²) in [7, 11) is 0. The number of hydrogen-bond donors (Lipinski definition) is 0. The number of thiophene rings is 1. The molecule has 0 spiro atoms. The van der Waals surface area contributed by atoms with Crippen LogP contribution in [0.25, 0.3) is 16.5 Å². The fourth-order valence-electron chi connectivity index (χ4n) is 2.65. The second kappa shape index (κ2) is 5.89. The Morgan fingerprint density at radius 3 is 2.79 bits per heavy atom. The van der Waals surface area contributed by atoms with Crippen LogP contribution in [-0.2, 0) is 6.54 Å². The SMILES string of the molecule is Cc1ccc(-n2c3cccn(Cc4ccc(Cl)nc4)c-3nc2=O)s1. The van der Waals surface area contributed by atoms with Gasteiger partial charge < -0.3 is 4.57 Å². The van der Waals surface area contributed by atoms with E-state index >= 15 is 0 Å². The lowest BCUT2D eigenvalue weighted by Crippen LogP contribution is -2.13. The minimum Gasteiger partial charge on any atom is -0.327 e. The lowest BCUT2D eigenvalue weighted by molar-refractivity contribution is 0.779. The molecule has 0 atom stereocenters. The molecule has 7 heteroatoms. The number of imidazole rings is 1. The first-order valence-corrected chi connectivity index (χ1v) is 8.56. The Morgan fingerprint density at radius 2 is 2.08 bits per heavy atom. The molecular formula is C17H13ClN4OS. The summed E-state index contributed by atoms with van der Waals surface area (Å²) in [6.07, 6.45) is 3.64. The molecule has 0 saturated heterocycles. The van der Waals surface area contributed by atoms with Crippen LogP contribution in [0, 0.1) is 6.92 Å². The summed E-state index contributed by atoms with van der Waals surface area (Å²) < 4.78 is 3.60. The first kappa shape index (κ1) is 15.1. The van der Waals surface area contributed by atoms with Gasteiger partial charge in [-0.25, -0.2) is 14.3 Å². The Labute approximate surface area is 147 Å². The van der Waals surface area contributed by atoms with Crippen LogP contribution in [0.1, 0.15) is 10.4 Å². The predicted octanol–water partition coefficient (Wildman–Crippen LogP) is 3.61. The zero-order chi connectivity index (χ0) is 16.7. The molecule has 0 saturated carbocycles. The molecule has 0 amide bonds. The summed E-state index contributed by atoms with van der Waals surface area (Å²) in [5.74, 6) is 0.656. The molecule has 2 aromatic heterocycles. The van der Waals surface area contributed by atoms with Gasteiger partial charge in [0.05, 0.1) is 12.2 Å². The van der Waals surface area contributed by atoms with Gasteiger partial charge in [0, 0.05) is 17.3 Å². The first-order chi connectivity index (χ1) is 11.6. The average molecular weight is 357 g/mol. The van der Waals surface area contributed by atoms with Gasteiger partial charge >= 0.3 is 5.69 Å². The van der Waals surface area contributed by atoms with Crippen LogP contribution < -0.4 is 5.69 Å². The molecule has 0 fully saturated rings. The Balaban J connectivity index is 1.78. The third-order valence-electron chi connectivity index (χ3n) is 3.74. The quantitative estimate of drug-likeness (QED) is 0.527. The largest absolute Gasteiger partial charge is 0.355 e. The standard InChI is InChI=1S/C17H13ClN4OS/c1-11-4-7-15(24-11)22-13-3-2-8-21(16(13)20-17(22)23)10-12-5-6-14(18)19-9-12/h2-9H,10H2,1H3. The lowest BCUT2D eigenvalue weighted by atomic mass is 10.2. The van der Waals surface area contributed by atoms with Crippen molar-refractivity contribution in [2.24, 2.45) is 0 Å². The minimum atomic E-state index is -0.263. The van der Waals surface area contributed by atoms with Crippen LogP contribution in [0.15, 0.2) is 53.6 Å². The summed E-state index contributed by atoms with van der Waals surface area (Å²) in [4.78, 5) is 21.9. The van der Waals surface area contributed by atoms with Crippen molar-refractivity contribution in [3.63, 3.8) is 0 Å². The van der Waals surface area contributed by atoms with Gasteiger partial charge in [0.1, 0.15) is 10.2 Å². The van der Waals surface area contributed by atoms with Crippen molar-refractivity contribution in [3.05, 3.63) is 74.9 Å². The number of halogens is 1. The molecule has 0 N–H and O–H groups in total.